The molecule has 3 rings (SSSR count). The van der Waals surface area contributed by atoms with Crippen molar-refractivity contribution in [1.29, 1.82) is 0 Å². The van der Waals surface area contributed by atoms with Gasteiger partial charge in [0.05, 0.1) is 11.0 Å². The lowest BCUT2D eigenvalue weighted by atomic mass is 10.1. The first-order valence-electron chi connectivity index (χ1n) is 9.69. The summed E-state index contributed by atoms with van der Waals surface area (Å²) in [7, 11) is 1.82. The van der Waals surface area contributed by atoms with E-state index in [9.17, 15) is 0 Å². The molecule has 1 atom stereocenters. The Morgan fingerprint density at radius 2 is 1.85 bits per heavy atom. The van der Waals surface area contributed by atoms with Gasteiger partial charge in [0.2, 0.25) is 0 Å². The molecule has 0 fully saturated rings. The molecule has 2 aromatic carbocycles. The Morgan fingerprint density at radius 1 is 1.07 bits per heavy atom. The zero-order valence-electron chi connectivity index (χ0n) is 16.2. The fourth-order valence-corrected chi connectivity index (χ4v) is 3.11. The first-order chi connectivity index (χ1) is 13.2. The number of aryl methyl sites for hydroxylation is 2. The van der Waals surface area contributed by atoms with Crippen LogP contribution in [0.4, 0.5) is 0 Å². The van der Waals surface area contributed by atoms with Crippen LogP contribution in [0.2, 0.25) is 0 Å². The molecule has 5 heteroatoms. The molecule has 3 aromatic rings. The number of benzene rings is 2. The number of rotatable bonds is 8. The summed E-state index contributed by atoms with van der Waals surface area (Å²) in [5, 5.41) is 6.87. The zero-order chi connectivity index (χ0) is 18.9. The van der Waals surface area contributed by atoms with Gasteiger partial charge in [-0.3, -0.25) is 4.99 Å². The number of nitrogens with zero attached hydrogens (tertiary/aromatic N) is 2. The van der Waals surface area contributed by atoms with E-state index in [4.69, 9.17) is 0 Å². The maximum atomic E-state index is 4.62. The second-order valence-corrected chi connectivity index (χ2v) is 6.87. The van der Waals surface area contributed by atoms with Gasteiger partial charge in [-0.25, -0.2) is 4.98 Å². The largest absolute Gasteiger partial charge is 0.356 e. The minimum absolute atomic E-state index is 0.367. The van der Waals surface area contributed by atoms with E-state index < -0.39 is 0 Å². The molecule has 0 radical (unpaired) electrons. The van der Waals surface area contributed by atoms with Crippen molar-refractivity contribution in [1.82, 2.24) is 20.6 Å². The van der Waals surface area contributed by atoms with E-state index in [0.29, 0.717) is 6.04 Å². The summed E-state index contributed by atoms with van der Waals surface area (Å²) < 4.78 is 0. The van der Waals surface area contributed by atoms with Gasteiger partial charge in [-0.2, -0.15) is 0 Å². The van der Waals surface area contributed by atoms with Crippen LogP contribution in [-0.4, -0.2) is 35.6 Å². The number of aliphatic imine (C=N–C) groups is 1. The summed E-state index contributed by atoms with van der Waals surface area (Å²) >= 11 is 0. The van der Waals surface area contributed by atoms with Crippen LogP contribution in [0.3, 0.4) is 0 Å². The van der Waals surface area contributed by atoms with Crippen LogP contribution in [0.5, 0.6) is 0 Å². The molecule has 1 unspecified atom stereocenters. The Kier molecular flexibility index (Phi) is 6.85. The van der Waals surface area contributed by atoms with Crippen LogP contribution in [0.25, 0.3) is 11.0 Å². The van der Waals surface area contributed by atoms with Gasteiger partial charge < -0.3 is 15.6 Å². The number of aromatic nitrogens is 2. The van der Waals surface area contributed by atoms with Crippen molar-refractivity contribution >= 4 is 17.0 Å². The number of guanidine groups is 1. The predicted molar refractivity (Wildman–Crippen MR) is 113 cm³/mol. The van der Waals surface area contributed by atoms with Gasteiger partial charge in [0.25, 0.3) is 0 Å². The summed E-state index contributed by atoms with van der Waals surface area (Å²) in [6.45, 7) is 3.06. The maximum absolute atomic E-state index is 4.62. The lowest BCUT2D eigenvalue weighted by molar-refractivity contribution is 0.590. The molecule has 0 bridgehead atoms. The van der Waals surface area contributed by atoms with Gasteiger partial charge in [-0.15, -0.1) is 0 Å². The summed E-state index contributed by atoms with van der Waals surface area (Å²) in [6, 6.07) is 19.1. The van der Waals surface area contributed by atoms with Crippen molar-refractivity contribution in [3.05, 3.63) is 66.0 Å². The lowest BCUT2D eigenvalue weighted by Gasteiger charge is -2.18. The Hall–Kier alpha value is -2.82. The molecular formula is C22H29N5. The number of imidazole rings is 1. The van der Waals surface area contributed by atoms with Crippen molar-refractivity contribution in [3.8, 4) is 0 Å². The molecule has 1 heterocycles. The molecule has 1 aromatic heterocycles. The average Bonchev–Trinajstić information content (AvgIpc) is 3.12. The normalized spacial score (nSPS) is 12.9. The van der Waals surface area contributed by atoms with Crippen LogP contribution < -0.4 is 10.6 Å². The smallest absolute Gasteiger partial charge is 0.191 e. The molecule has 5 nitrogen and oxygen atoms in total. The monoisotopic (exact) mass is 363 g/mol. The maximum Gasteiger partial charge on any atom is 0.191 e. The third-order valence-electron chi connectivity index (χ3n) is 4.64. The summed E-state index contributed by atoms with van der Waals surface area (Å²) in [6.07, 6.45) is 4.06. The van der Waals surface area contributed by atoms with Gasteiger partial charge >= 0.3 is 0 Å². The summed E-state index contributed by atoms with van der Waals surface area (Å²) in [5.41, 5.74) is 3.51. The highest BCUT2D eigenvalue weighted by Crippen LogP contribution is 2.11. The highest BCUT2D eigenvalue weighted by atomic mass is 15.2. The van der Waals surface area contributed by atoms with Crippen molar-refractivity contribution in [2.24, 2.45) is 4.99 Å². The van der Waals surface area contributed by atoms with E-state index in [1.54, 1.807) is 0 Å². The van der Waals surface area contributed by atoms with Crippen LogP contribution in [0.1, 0.15) is 31.2 Å². The standard InChI is InChI=1S/C22H29N5/c1-17(14-15-18-9-4-3-5-10-18)25-22(23-2)24-16-8-13-21-26-19-11-6-7-12-20(19)27-21/h3-7,9-12,17H,8,13-16H2,1-2H3,(H,26,27)(H2,23,24,25). The van der Waals surface area contributed by atoms with Gasteiger partial charge in [0.15, 0.2) is 5.96 Å². The molecule has 0 aliphatic heterocycles. The fourth-order valence-electron chi connectivity index (χ4n) is 3.11. The molecule has 0 amide bonds. The van der Waals surface area contributed by atoms with E-state index in [1.165, 1.54) is 5.56 Å². The molecular weight excluding hydrogens is 334 g/mol. The minimum atomic E-state index is 0.367. The second kappa shape index (κ2) is 9.76. The first kappa shape index (κ1) is 19.0. The summed E-state index contributed by atoms with van der Waals surface area (Å²) in [5.74, 6) is 1.90. The Morgan fingerprint density at radius 3 is 2.63 bits per heavy atom. The van der Waals surface area contributed by atoms with Crippen LogP contribution in [0.15, 0.2) is 59.6 Å². The van der Waals surface area contributed by atoms with Crippen LogP contribution in [0, 0.1) is 0 Å². The van der Waals surface area contributed by atoms with Crippen molar-refractivity contribution in [3.63, 3.8) is 0 Å². The zero-order valence-corrected chi connectivity index (χ0v) is 16.2. The average molecular weight is 364 g/mol. The molecule has 0 saturated carbocycles. The van der Waals surface area contributed by atoms with Crippen LogP contribution in [-0.2, 0) is 12.8 Å². The number of fused-ring (bicyclic) bond motifs is 1. The van der Waals surface area contributed by atoms with E-state index in [1.807, 2.05) is 25.2 Å². The van der Waals surface area contributed by atoms with Crippen LogP contribution >= 0.6 is 0 Å². The second-order valence-electron chi connectivity index (χ2n) is 6.87. The molecule has 0 aliphatic carbocycles. The Balaban J connectivity index is 1.37. The van der Waals surface area contributed by atoms with Gasteiger partial charge in [-0.05, 0) is 43.9 Å². The molecule has 3 N–H and O–H groups in total. The SMILES string of the molecule is CN=C(NCCCc1nc2ccccc2[nH]1)NC(C)CCc1ccccc1. The number of H-pyrrole nitrogens is 1. The number of hydrogen-bond acceptors (Lipinski definition) is 2. The highest BCUT2D eigenvalue weighted by molar-refractivity contribution is 5.79. The van der Waals surface area contributed by atoms with E-state index in [-0.39, 0.29) is 0 Å². The summed E-state index contributed by atoms with van der Waals surface area (Å²) in [4.78, 5) is 12.3. The Labute approximate surface area is 161 Å². The lowest BCUT2D eigenvalue weighted by Crippen LogP contribution is -2.42. The highest BCUT2D eigenvalue weighted by Gasteiger charge is 2.06. The number of aromatic amines is 1. The molecule has 0 saturated heterocycles. The van der Waals surface area contributed by atoms with Crippen molar-refractivity contribution in [2.45, 2.75) is 38.6 Å². The van der Waals surface area contributed by atoms with Gasteiger partial charge in [0, 0.05) is 26.1 Å². The molecule has 0 aliphatic rings. The first-order valence-corrected chi connectivity index (χ1v) is 9.69. The van der Waals surface area contributed by atoms with E-state index >= 15 is 0 Å². The molecule has 27 heavy (non-hydrogen) atoms. The van der Waals surface area contributed by atoms with Gasteiger partial charge in [0.1, 0.15) is 5.82 Å². The number of hydrogen-bond donors (Lipinski definition) is 3. The number of para-hydroxylation sites is 2. The third-order valence-corrected chi connectivity index (χ3v) is 4.64. The van der Waals surface area contributed by atoms with Gasteiger partial charge in [-0.1, -0.05) is 42.5 Å². The molecule has 0 spiro atoms. The molecule has 142 valence electrons. The minimum Gasteiger partial charge on any atom is -0.356 e. The topological polar surface area (TPSA) is 65.1 Å². The van der Waals surface area contributed by atoms with E-state index in [0.717, 1.165) is 55.0 Å². The van der Waals surface area contributed by atoms with Crippen molar-refractivity contribution < 1.29 is 0 Å². The third kappa shape index (κ3) is 5.84. The van der Waals surface area contributed by atoms with Crippen molar-refractivity contribution in [2.75, 3.05) is 13.6 Å². The Bertz CT molecular complexity index is 820. The van der Waals surface area contributed by atoms with E-state index in [2.05, 4.69) is 68.9 Å². The number of nitrogens with one attached hydrogen (secondary N) is 3. The fraction of sp³-hybridized carbons (Fsp3) is 0.364. The predicted octanol–water partition coefficient (Wildman–Crippen LogP) is 3.68. The quantitative estimate of drug-likeness (QED) is 0.325.